The van der Waals surface area contributed by atoms with Crippen LogP contribution in [0.4, 0.5) is 11.4 Å². The Hall–Kier alpha value is -1.28. The third kappa shape index (κ3) is 4.10. The number of thiophene rings is 1. The van der Waals surface area contributed by atoms with E-state index in [2.05, 4.69) is 10.0 Å². The average Bonchev–Trinajstić information content (AvgIpc) is 2.72. The molecule has 0 fully saturated rings. The van der Waals surface area contributed by atoms with Crippen LogP contribution in [0.1, 0.15) is 6.92 Å². The predicted octanol–water partition coefficient (Wildman–Crippen LogP) is 3.81. The highest BCUT2D eigenvalue weighted by Crippen LogP contribution is 2.35. The molecule has 5 nitrogen and oxygen atoms in total. The quantitative estimate of drug-likeness (QED) is 0.865. The molecule has 0 radical (unpaired) electrons. The van der Waals surface area contributed by atoms with Crippen LogP contribution in [0.15, 0.2) is 34.5 Å². The van der Waals surface area contributed by atoms with E-state index in [-0.39, 0.29) is 19.5 Å². The Bertz CT molecular complexity index is 751. The van der Waals surface area contributed by atoms with Crippen molar-refractivity contribution in [1.29, 1.82) is 0 Å². The Morgan fingerprint density at radius 2 is 1.71 bits per heavy atom. The molecule has 1 aromatic heterocycles. The van der Waals surface area contributed by atoms with Crippen molar-refractivity contribution in [2.45, 2.75) is 11.1 Å². The summed E-state index contributed by atoms with van der Waals surface area (Å²) < 4.78 is 26.9. The van der Waals surface area contributed by atoms with E-state index >= 15 is 0 Å². The molecule has 1 aromatic carbocycles. The van der Waals surface area contributed by atoms with Crippen LogP contribution >= 0.6 is 34.5 Å². The summed E-state index contributed by atoms with van der Waals surface area (Å²) in [6.07, 6.45) is 0. The number of halogens is 2. The topological polar surface area (TPSA) is 75.3 Å². The highest BCUT2D eigenvalue weighted by Gasteiger charge is 2.19. The number of benzene rings is 1. The standard InChI is InChI=1S/C12H10Cl2N2O3S2/c1-7(17)15-8-2-4-9(5-3-8)16-21(18,19)11-6-10(13)12(14)20-11/h2-6,16H,1H3,(H,15,17). The Balaban J connectivity index is 2.18. The Morgan fingerprint density at radius 3 is 2.19 bits per heavy atom. The van der Waals surface area contributed by atoms with E-state index < -0.39 is 10.0 Å². The number of rotatable bonds is 4. The van der Waals surface area contributed by atoms with Gasteiger partial charge in [0.2, 0.25) is 5.91 Å². The second kappa shape index (κ2) is 6.23. The molecule has 9 heteroatoms. The van der Waals surface area contributed by atoms with Gasteiger partial charge in [0.25, 0.3) is 10.0 Å². The van der Waals surface area contributed by atoms with Crippen molar-refractivity contribution in [2.75, 3.05) is 10.0 Å². The van der Waals surface area contributed by atoms with Crippen LogP contribution in [0.25, 0.3) is 0 Å². The van der Waals surface area contributed by atoms with E-state index in [0.717, 1.165) is 11.3 Å². The third-order valence-electron chi connectivity index (χ3n) is 2.34. The van der Waals surface area contributed by atoms with Gasteiger partial charge < -0.3 is 5.32 Å². The minimum Gasteiger partial charge on any atom is -0.326 e. The zero-order valence-corrected chi connectivity index (χ0v) is 13.8. The molecule has 1 amide bonds. The van der Waals surface area contributed by atoms with E-state index in [1.807, 2.05) is 0 Å². The summed E-state index contributed by atoms with van der Waals surface area (Å²) in [5, 5.41) is 2.79. The largest absolute Gasteiger partial charge is 0.326 e. The highest BCUT2D eigenvalue weighted by atomic mass is 35.5. The summed E-state index contributed by atoms with van der Waals surface area (Å²) in [6.45, 7) is 1.39. The zero-order valence-electron chi connectivity index (χ0n) is 10.7. The van der Waals surface area contributed by atoms with Gasteiger partial charge in [-0.3, -0.25) is 9.52 Å². The molecule has 0 spiro atoms. The van der Waals surface area contributed by atoms with Gasteiger partial charge >= 0.3 is 0 Å². The molecule has 0 bridgehead atoms. The van der Waals surface area contributed by atoms with Crippen LogP contribution in [0.5, 0.6) is 0 Å². The molecule has 0 aliphatic carbocycles. The smallest absolute Gasteiger partial charge is 0.271 e. The number of anilines is 2. The molecule has 0 aliphatic rings. The molecule has 2 N–H and O–H groups in total. The van der Waals surface area contributed by atoms with Crippen molar-refractivity contribution >= 4 is 61.8 Å². The maximum absolute atomic E-state index is 12.1. The van der Waals surface area contributed by atoms with Gasteiger partial charge in [-0.2, -0.15) is 0 Å². The van der Waals surface area contributed by atoms with Crippen LogP contribution in [0.3, 0.4) is 0 Å². The van der Waals surface area contributed by atoms with Crippen LogP contribution in [0, 0.1) is 0 Å². The van der Waals surface area contributed by atoms with Gasteiger partial charge in [-0.15, -0.1) is 11.3 Å². The molecule has 112 valence electrons. The Morgan fingerprint density at radius 1 is 1.14 bits per heavy atom. The molecule has 0 atom stereocenters. The van der Waals surface area contributed by atoms with Crippen LogP contribution in [-0.4, -0.2) is 14.3 Å². The second-order valence-corrected chi connectivity index (χ2v) is 8.02. The van der Waals surface area contributed by atoms with Gasteiger partial charge in [0.05, 0.1) is 5.02 Å². The van der Waals surface area contributed by atoms with E-state index in [9.17, 15) is 13.2 Å². The normalized spacial score (nSPS) is 11.2. The number of nitrogens with one attached hydrogen (secondary N) is 2. The third-order valence-corrected chi connectivity index (χ3v) is 6.07. The van der Waals surface area contributed by atoms with Crippen LogP contribution < -0.4 is 10.0 Å². The van der Waals surface area contributed by atoms with E-state index in [1.54, 1.807) is 24.3 Å². The zero-order chi connectivity index (χ0) is 15.6. The molecule has 0 saturated heterocycles. The number of carbonyl (C=O) groups is 1. The van der Waals surface area contributed by atoms with Crippen molar-refractivity contribution in [2.24, 2.45) is 0 Å². The monoisotopic (exact) mass is 364 g/mol. The lowest BCUT2D eigenvalue weighted by molar-refractivity contribution is -0.114. The fraction of sp³-hybridized carbons (Fsp3) is 0.0833. The number of hydrogen-bond acceptors (Lipinski definition) is 4. The summed E-state index contributed by atoms with van der Waals surface area (Å²) in [7, 11) is -3.74. The number of hydrogen-bond donors (Lipinski definition) is 2. The summed E-state index contributed by atoms with van der Waals surface area (Å²) in [5.74, 6) is -0.203. The first-order valence-corrected chi connectivity index (χ1v) is 8.69. The van der Waals surface area contributed by atoms with E-state index in [4.69, 9.17) is 23.2 Å². The molecule has 21 heavy (non-hydrogen) atoms. The summed E-state index contributed by atoms with van der Waals surface area (Å²) in [6, 6.07) is 7.56. The lowest BCUT2D eigenvalue weighted by atomic mass is 10.3. The van der Waals surface area contributed by atoms with Crippen molar-refractivity contribution < 1.29 is 13.2 Å². The molecule has 0 saturated carbocycles. The molecule has 0 aliphatic heterocycles. The first-order chi connectivity index (χ1) is 9.78. The van der Waals surface area contributed by atoms with Crippen LogP contribution in [-0.2, 0) is 14.8 Å². The second-order valence-electron chi connectivity index (χ2n) is 4.05. The lowest BCUT2D eigenvalue weighted by Gasteiger charge is -2.07. The first-order valence-electron chi connectivity index (χ1n) is 5.63. The molecule has 2 aromatic rings. The van der Waals surface area contributed by atoms with Crippen LogP contribution in [0.2, 0.25) is 9.36 Å². The average molecular weight is 365 g/mol. The van der Waals surface area contributed by atoms with Crippen molar-refractivity contribution in [3.63, 3.8) is 0 Å². The van der Waals surface area contributed by atoms with Crippen molar-refractivity contribution in [3.05, 3.63) is 39.7 Å². The Kier molecular flexibility index (Phi) is 4.77. The van der Waals surface area contributed by atoms with Gasteiger partial charge in [0, 0.05) is 18.3 Å². The fourth-order valence-corrected chi connectivity index (χ4v) is 4.43. The number of amides is 1. The van der Waals surface area contributed by atoms with Gasteiger partial charge in [-0.25, -0.2) is 8.42 Å². The molecule has 0 unspecified atom stereocenters. The molecular formula is C12H10Cl2N2O3S2. The van der Waals surface area contributed by atoms with E-state index in [1.165, 1.54) is 13.0 Å². The van der Waals surface area contributed by atoms with Gasteiger partial charge in [0.15, 0.2) is 0 Å². The molecular weight excluding hydrogens is 355 g/mol. The number of sulfonamides is 1. The minimum absolute atomic E-state index is 0.0310. The number of carbonyl (C=O) groups excluding carboxylic acids is 1. The van der Waals surface area contributed by atoms with Crippen molar-refractivity contribution in [3.8, 4) is 0 Å². The first kappa shape index (κ1) is 16.1. The van der Waals surface area contributed by atoms with Gasteiger partial charge in [-0.05, 0) is 30.3 Å². The summed E-state index contributed by atoms with van der Waals surface area (Å²) in [4.78, 5) is 10.9. The predicted molar refractivity (Wildman–Crippen MR) is 85.9 cm³/mol. The van der Waals surface area contributed by atoms with Gasteiger partial charge in [-0.1, -0.05) is 23.2 Å². The Labute approximate surface area is 135 Å². The summed E-state index contributed by atoms with van der Waals surface area (Å²) in [5.41, 5.74) is 0.942. The summed E-state index contributed by atoms with van der Waals surface area (Å²) >= 11 is 12.4. The maximum Gasteiger partial charge on any atom is 0.271 e. The highest BCUT2D eigenvalue weighted by molar-refractivity contribution is 7.94. The lowest BCUT2D eigenvalue weighted by Crippen LogP contribution is -2.11. The minimum atomic E-state index is -3.74. The SMILES string of the molecule is CC(=O)Nc1ccc(NS(=O)(=O)c2cc(Cl)c(Cl)s2)cc1. The fourth-order valence-electron chi connectivity index (χ4n) is 1.49. The maximum atomic E-state index is 12.1. The van der Waals surface area contributed by atoms with Crippen molar-refractivity contribution in [1.82, 2.24) is 0 Å². The van der Waals surface area contributed by atoms with E-state index in [0.29, 0.717) is 11.4 Å². The van der Waals surface area contributed by atoms with Gasteiger partial charge in [0.1, 0.15) is 8.55 Å². The molecule has 1 heterocycles. The molecule has 2 rings (SSSR count).